The molecule has 0 unspecified atom stereocenters. The summed E-state index contributed by atoms with van der Waals surface area (Å²) in [5.41, 5.74) is 0.523. The van der Waals surface area contributed by atoms with Gasteiger partial charge in [-0.25, -0.2) is 9.69 Å². The number of benzene rings is 2. The van der Waals surface area contributed by atoms with E-state index in [0.717, 1.165) is 24.0 Å². The SMILES string of the molecule is CN(CC(=O)NC1CC1)CN1C(=O)N[C@@](Cc2ccccc2)(c2ccccc2)C1=O. The molecule has 1 saturated heterocycles. The molecule has 156 valence electrons. The van der Waals surface area contributed by atoms with Gasteiger partial charge in [0, 0.05) is 12.5 Å². The van der Waals surface area contributed by atoms with Crippen LogP contribution in [-0.2, 0) is 21.5 Å². The summed E-state index contributed by atoms with van der Waals surface area (Å²) in [6.07, 6.45) is 2.38. The number of rotatable bonds is 8. The predicted octanol–water partition coefficient (Wildman–Crippen LogP) is 1.84. The van der Waals surface area contributed by atoms with E-state index in [2.05, 4.69) is 10.6 Å². The van der Waals surface area contributed by atoms with Gasteiger partial charge >= 0.3 is 6.03 Å². The number of carbonyl (C=O) groups excluding carboxylic acids is 3. The van der Waals surface area contributed by atoms with Crippen LogP contribution in [0.5, 0.6) is 0 Å². The van der Waals surface area contributed by atoms with E-state index < -0.39 is 11.6 Å². The first-order valence-electron chi connectivity index (χ1n) is 10.2. The van der Waals surface area contributed by atoms with Crippen LogP contribution in [0.1, 0.15) is 24.0 Å². The minimum Gasteiger partial charge on any atom is -0.352 e. The predicted molar refractivity (Wildman–Crippen MR) is 112 cm³/mol. The summed E-state index contributed by atoms with van der Waals surface area (Å²) >= 11 is 0. The third-order valence-electron chi connectivity index (χ3n) is 5.49. The van der Waals surface area contributed by atoms with Gasteiger partial charge in [-0.3, -0.25) is 14.5 Å². The zero-order valence-electron chi connectivity index (χ0n) is 17.0. The normalized spacial score (nSPS) is 21.1. The molecule has 2 fully saturated rings. The quantitative estimate of drug-likeness (QED) is 0.656. The molecular formula is C23H26N4O3. The van der Waals surface area contributed by atoms with Crippen molar-refractivity contribution < 1.29 is 14.4 Å². The van der Waals surface area contributed by atoms with Crippen LogP contribution >= 0.6 is 0 Å². The lowest BCUT2D eigenvalue weighted by Gasteiger charge is -2.28. The van der Waals surface area contributed by atoms with E-state index in [1.54, 1.807) is 11.9 Å². The summed E-state index contributed by atoms with van der Waals surface area (Å²) in [6.45, 7) is 0.177. The molecule has 1 atom stereocenters. The second-order valence-electron chi connectivity index (χ2n) is 8.09. The van der Waals surface area contributed by atoms with Gasteiger partial charge in [0.1, 0.15) is 0 Å². The van der Waals surface area contributed by atoms with Crippen molar-refractivity contribution in [1.82, 2.24) is 20.4 Å². The van der Waals surface area contributed by atoms with E-state index in [1.165, 1.54) is 4.90 Å². The van der Waals surface area contributed by atoms with Crippen LogP contribution in [0.4, 0.5) is 4.79 Å². The molecule has 2 aliphatic rings. The van der Waals surface area contributed by atoms with Crippen molar-refractivity contribution in [1.29, 1.82) is 0 Å². The first-order valence-corrected chi connectivity index (χ1v) is 10.2. The molecule has 0 bridgehead atoms. The van der Waals surface area contributed by atoms with E-state index in [0.29, 0.717) is 6.42 Å². The second-order valence-corrected chi connectivity index (χ2v) is 8.09. The van der Waals surface area contributed by atoms with Gasteiger partial charge in [-0.2, -0.15) is 0 Å². The minimum atomic E-state index is -1.17. The van der Waals surface area contributed by atoms with E-state index in [-0.39, 0.29) is 31.1 Å². The fraction of sp³-hybridized carbons (Fsp3) is 0.348. The van der Waals surface area contributed by atoms with Crippen LogP contribution in [0, 0.1) is 0 Å². The van der Waals surface area contributed by atoms with Crippen molar-refractivity contribution in [3.63, 3.8) is 0 Å². The molecule has 7 nitrogen and oxygen atoms in total. The van der Waals surface area contributed by atoms with Crippen molar-refractivity contribution in [2.75, 3.05) is 20.3 Å². The Labute approximate surface area is 176 Å². The summed E-state index contributed by atoms with van der Waals surface area (Å²) in [5.74, 6) is -0.400. The van der Waals surface area contributed by atoms with Crippen molar-refractivity contribution in [2.45, 2.75) is 30.8 Å². The largest absolute Gasteiger partial charge is 0.352 e. The topological polar surface area (TPSA) is 81.8 Å². The number of nitrogens with zero attached hydrogens (tertiary/aromatic N) is 2. The van der Waals surface area contributed by atoms with E-state index >= 15 is 0 Å². The lowest BCUT2D eigenvalue weighted by atomic mass is 9.83. The van der Waals surface area contributed by atoms with Crippen LogP contribution in [0.3, 0.4) is 0 Å². The van der Waals surface area contributed by atoms with E-state index in [9.17, 15) is 14.4 Å². The molecule has 0 radical (unpaired) electrons. The lowest BCUT2D eigenvalue weighted by Crippen LogP contribution is -2.47. The summed E-state index contributed by atoms with van der Waals surface area (Å²) in [7, 11) is 1.73. The average Bonchev–Trinajstić information content (AvgIpc) is 3.52. The van der Waals surface area contributed by atoms with Crippen molar-refractivity contribution in [3.05, 3.63) is 71.8 Å². The molecule has 2 aromatic carbocycles. The number of hydrogen-bond donors (Lipinski definition) is 2. The molecule has 1 heterocycles. The molecule has 4 amide bonds. The number of imide groups is 1. The summed E-state index contributed by atoms with van der Waals surface area (Å²) in [4.78, 5) is 41.4. The molecule has 0 spiro atoms. The summed E-state index contributed by atoms with van der Waals surface area (Å²) in [5, 5.41) is 5.87. The van der Waals surface area contributed by atoms with Gasteiger partial charge in [0.25, 0.3) is 5.91 Å². The molecule has 1 aliphatic carbocycles. The monoisotopic (exact) mass is 406 g/mol. The van der Waals surface area contributed by atoms with Crippen LogP contribution in [0.2, 0.25) is 0 Å². The van der Waals surface area contributed by atoms with Gasteiger partial charge in [0.15, 0.2) is 5.54 Å². The molecule has 7 heteroatoms. The Morgan fingerprint density at radius 3 is 2.37 bits per heavy atom. The zero-order chi connectivity index (χ0) is 21.1. The summed E-state index contributed by atoms with van der Waals surface area (Å²) in [6, 6.07) is 18.8. The van der Waals surface area contributed by atoms with Crippen LogP contribution in [-0.4, -0.2) is 53.9 Å². The molecule has 30 heavy (non-hydrogen) atoms. The van der Waals surface area contributed by atoms with E-state index in [1.807, 2.05) is 60.7 Å². The number of carbonyl (C=O) groups is 3. The minimum absolute atomic E-state index is 0.0477. The van der Waals surface area contributed by atoms with Gasteiger partial charge in [-0.1, -0.05) is 60.7 Å². The standard InChI is InChI=1S/C23H26N4O3/c1-26(15-20(28)24-19-12-13-19)16-27-21(29)23(25-22(27)30,18-10-6-3-7-11-18)14-17-8-4-2-5-9-17/h2-11,19H,12-16H2,1H3,(H,24,28)(H,25,30)/t23-/m0/s1. The van der Waals surface area contributed by atoms with Gasteiger partial charge in [0.05, 0.1) is 13.2 Å². The summed E-state index contributed by atoms with van der Waals surface area (Å²) < 4.78 is 0. The maximum absolute atomic E-state index is 13.6. The van der Waals surface area contributed by atoms with Crippen LogP contribution < -0.4 is 10.6 Å². The lowest BCUT2D eigenvalue weighted by molar-refractivity contribution is -0.134. The average molecular weight is 406 g/mol. The van der Waals surface area contributed by atoms with Gasteiger partial charge in [0.2, 0.25) is 5.91 Å². The third kappa shape index (κ3) is 4.21. The van der Waals surface area contributed by atoms with Gasteiger partial charge in [-0.05, 0) is 31.0 Å². The maximum atomic E-state index is 13.6. The number of nitrogens with one attached hydrogen (secondary N) is 2. The zero-order valence-corrected chi connectivity index (χ0v) is 17.0. The molecule has 0 aromatic heterocycles. The molecule has 1 aliphatic heterocycles. The van der Waals surface area contributed by atoms with Gasteiger partial charge in [-0.15, -0.1) is 0 Å². The first kappa shape index (κ1) is 20.1. The highest BCUT2D eigenvalue weighted by molar-refractivity contribution is 6.07. The smallest absolute Gasteiger partial charge is 0.326 e. The fourth-order valence-corrected chi connectivity index (χ4v) is 3.83. The number of urea groups is 1. The number of likely N-dealkylation sites (N-methyl/N-ethyl adjacent to an activating group) is 1. The highest BCUT2D eigenvalue weighted by atomic mass is 16.2. The Morgan fingerprint density at radius 2 is 1.73 bits per heavy atom. The molecule has 2 aromatic rings. The van der Waals surface area contributed by atoms with Crippen molar-refractivity contribution in [2.24, 2.45) is 0 Å². The fourth-order valence-electron chi connectivity index (χ4n) is 3.83. The Balaban J connectivity index is 1.55. The van der Waals surface area contributed by atoms with Crippen LogP contribution in [0.15, 0.2) is 60.7 Å². The Hall–Kier alpha value is -3.19. The maximum Gasteiger partial charge on any atom is 0.326 e. The van der Waals surface area contributed by atoms with Crippen LogP contribution in [0.25, 0.3) is 0 Å². The highest BCUT2D eigenvalue weighted by Gasteiger charge is 2.52. The number of hydrogen-bond acceptors (Lipinski definition) is 4. The second kappa shape index (κ2) is 8.28. The van der Waals surface area contributed by atoms with Gasteiger partial charge < -0.3 is 10.6 Å². The molecule has 4 rings (SSSR count). The Bertz CT molecular complexity index is 930. The number of amides is 4. The molecular weight excluding hydrogens is 380 g/mol. The molecule has 1 saturated carbocycles. The highest BCUT2D eigenvalue weighted by Crippen LogP contribution is 2.33. The third-order valence-corrected chi connectivity index (χ3v) is 5.49. The van der Waals surface area contributed by atoms with Crippen molar-refractivity contribution in [3.8, 4) is 0 Å². The first-order chi connectivity index (χ1) is 14.5. The van der Waals surface area contributed by atoms with E-state index in [4.69, 9.17) is 0 Å². The Morgan fingerprint density at radius 1 is 1.10 bits per heavy atom. The van der Waals surface area contributed by atoms with Crippen molar-refractivity contribution >= 4 is 17.8 Å². The molecule has 2 N–H and O–H groups in total. The Kier molecular flexibility index (Phi) is 5.55.